The second-order valence-corrected chi connectivity index (χ2v) is 11.3. The van der Waals surface area contributed by atoms with Gasteiger partial charge in [0.25, 0.3) is 5.91 Å². The Morgan fingerprint density at radius 3 is 2.32 bits per heavy atom. The molecule has 0 saturated carbocycles. The highest BCUT2D eigenvalue weighted by atomic mass is 16.5. The number of nitrogens with zero attached hydrogens (tertiary/aromatic N) is 3. The Bertz CT molecular complexity index is 1180. The lowest BCUT2D eigenvalue weighted by Gasteiger charge is -2.43. The lowest BCUT2D eigenvalue weighted by molar-refractivity contribution is -0.142. The summed E-state index contributed by atoms with van der Waals surface area (Å²) in [6, 6.07) is 15.2. The largest absolute Gasteiger partial charge is 0.497 e. The highest BCUT2D eigenvalue weighted by Gasteiger charge is 2.57. The standard InChI is InChI=1S/C30H39N3O5/c1-21(2)20-32-26(34)30(33(28(32)37)16-13-22-9-11-25(38-5)12-10-22)14-17-31(18-15-30)24-8-6-7-23(19-24)29(3,4)27(35)36/h6-12,19,21H,13-18,20H2,1-5H3,(H,35,36). The molecule has 4 rings (SSSR count). The number of imide groups is 1. The Balaban J connectivity index is 1.55. The van der Waals surface area contributed by atoms with Gasteiger partial charge in [-0.3, -0.25) is 14.5 Å². The topological polar surface area (TPSA) is 90.4 Å². The fraction of sp³-hybridized carbons (Fsp3) is 0.500. The molecule has 8 heteroatoms. The fourth-order valence-corrected chi connectivity index (χ4v) is 5.48. The predicted octanol–water partition coefficient (Wildman–Crippen LogP) is 4.56. The van der Waals surface area contributed by atoms with Gasteiger partial charge in [0.1, 0.15) is 11.3 Å². The Hall–Kier alpha value is -3.55. The van der Waals surface area contributed by atoms with Gasteiger partial charge in [-0.1, -0.05) is 38.1 Å². The number of piperidine rings is 1. The number of aliphatic carboxylic acids is 1. The number of carbonyl (C=O) groups excluding carboxylic acids is 2. The van der Waals surface area contributed by atoms with Crippen molar-refractivity contribution in [1.29, 1.82) is 0 Å². The second-order valence-electron chi connectivity index (χ2n) is 11.3. The van der Waals surface area contributed by atoms with E-state index in [1.54, 1.807) is 21.0 Å². The lowest BCUT2D eigenvalue weighted by atomic mass is 9.83. The minimum absolute atomic E-state index is 0.0913. The minimum Gasteiger partial charge on any atom is -0.497 e. The summed E-state index contributed by atoms with van der Waals surface area (Å²) in [7, 11) is 1.63. The molecule has 2 heterocycles. The Kier molecular flexibility index (Phi) is 7.72. The number of carboxylic acid groups (broad SMARTS) is 1. The van der Waals surface area contributed by atoms with Gasteiger partial charge in [-0.2, -0.15) is 0 Å². The predicted molar refractivity (Wildman–Crippen MR) is 147 cm³/mol. The van der Waals surface area contributed by atoms with Crippen LogP contribution in [0.1, 0.15) is 51.7 Å². The van der Waals surface area contributed by atoms with E-state index in [1.807, 2.05) is 67.3 Å². The number of carbonyl (C=O) groups is 3. The number of amides is 3. The van der Waals surface area contributed by atoms with Crippen LogP contribution in [0.2, 0.25) is 0 Å². The number of hydrogen-bond donors (Lipinski definition) is 1. The number of urea groups is 1. The normalized spacial score (nSPS) is 17.6. The maximum absolute atomic E-state index is 13.8. The molecule has 8 nitrogen and oxygen atoms in total. The molecule has 0 bridgehead atoms. The van der Waals surface area contributed by atoms with Crippen LogP contribution < -0.4 is 9.64 Å². The van der Waals surface area contributed by atoms with Gasteiger partial charge in [0.15, 0.2) is 0 Å². The second kappa shape index (κ2) is 10.7. The maximum Gasteiger partial charge on any atom is 0.327 e. The van der Waals surface area contributed by atoms with Crippen LogP contribution >= 0.6 is 0 Å². The molecule has 0 radical (unpaired) electrons. The molecule has 2 aromatic rings. The maximum atomic E-state index is 13.8. The first-order valence-corrected chi connectivity index (χ1v) is 13.3. The molecule has 2 aliphatic rings. The third kappa shape index (κ3) is 5.08. The zero-order chi connectivity index (χ0) is 27.7. The van der Waals surface area contributed by atoms with Gasteiger partial charge in [0.2, 0.25) is 0 Å². The summed E-state index contributed by atoms with van der Waals surface area (Å²) in [4.78, 5) is 44.6. The third-order valence-corrected chi connectivity index (χ3v) is 8.01. The molecule has 1 N–H and O–H groups in total. The SMILES string of the molecule is COc1ccc(CCN2C(=O)N(CC(C)C)C(=O)C23CCN(c2cccc(C(C)(C)C(=O)O)c2)CC3)cc1. The van der Waals surface area contributed by atoms with E-state index in [0.29, 0.717) is 45.4 Å². The lowest BCUT2D eigenvalue weighted by Crippen LogP contribution is -2.57. The molecule has 38 heavy (non-hydrogen) atoms. The Morgan fingerprint density at radius 2 is 1.74 bits per heavy atom. The van der Waals surface area contributed by atoms with E-state index in [1.165, 1.54) is 4.90 Å². The van der Waals surface area contributed by atoms with Crippen molar-refractivity contribution in [1.82, 2.24) is 9.80 Å². The van der Waals surface area contributed by atoms with E-state index < -0.39 is 16.9 Å². The molecule has 3 amide bonds. The quantitative estimate of drug-likeness (QED) is 0.487. The zero-order valence-electron chi connectivity index (χ0n) is 23.1. The summed E-state index contributed by atoms with van der Waals surface area (Å²) in [6.07, 6.45) is 1.71. The first-order valence-electron chi connectivity index (χ1n) is 13.3. The summed E-state index contributed by atoms with van der Waals surface area (Å²) in [5.41, 5.74) is 0.897. The van der Waals surface area contributed by atoms with Crippen LogP contribution in [0.4, 0.5) is 10.5 Å². The summed E-state index contributed by atoms with van der Waals surface area (Å²) in [6.45, 7) is 9.51. The van der Waals surface area contributed by atoms with Crippen molar-refractivity contribution >= 4 is 23.6 Å². The monoisotopic (exact) mass is 521 g/mol. The number of rotatable bonds is 9. The third-order valence-electron chi connectivity index (χ3n) is 8.01. The van der Waals surface area contributed by atoms with Crippen molar-refractivity contribution in [2.24, 2.45) is 5.92 Å². The molecule has 2 saturated heterocycles. The van der Waals surface area contributed by atoms with Gasteiger partial charge >= 0.3 is 12.0 Å². The average molecular weight is 522 g/mol. The molecule has 0 aliphatic carbocycles. The van der Waals surface area contributed by atoms with E-state index in [9.17, 15) is 19.5 Å². The molecule has 0 atom stereocenters. The van der Waals surface area contributed by atoms with Gasteiger partial charge in [-0.15, -0.1) is 0 Å². The molecule has 204 valence electrons. The van der Waals surface area contributed by atoms with Gasteiger partial charge < -0.3 is 19.6 Å². The van der Waals surface area contributed by atoms with E-state index in [-0.39, 0.29) is 17.9 Å². The van der Waals surface area contributed by atoms with Gasteiger partial charge in [0, 0.05) is 31.9 Å². The first-order chi connectivity index (χ1) is 18.0. The minimum atomic E-state index is -1.00. The number of methoxy groups -OCH3 is 1. The van der Waals surface area contributed by atoms with E-state index in [0.717, 1.165) is 22.6 Å². The van der Waals surface area contributed by atoms with Crippen molar-refractivity contribution in [2.75, 3.05) is 38.2 Å². The average Bonchev–Trinajstić information content (AvgIpc) is 3.08. The Morgan fingerprint density at radius 1 is 1.08 bits per heavy atom. The van der Waals surface area contributed by atoms with Crippen LogP contribution in [0, 0.1) is 5.92 Å². The van der Waals surface area contributed by atoms with Crippen molar-refractivity contribution in [3.63, 3.8) is 0 Å². The number of ether oxygens (including phenoxy) is 1. The zero-order valence-corrected chi connectivity index (χ0v) is 23.1. The van der Waals surface area contributed by atoms with Gasteiger partial charge in [-0.05, 0) is 74.4 Å². The first kappa shape index (κ1) is 27.5. The summed E-state index contributed by atoms with van der Waals surface area (Å²) < 4.78 is 5.25. The van der Waals surface area contributed by atoms with E-state index in [2.05, 4.69) is 4.90 Å². The van der Waals surface area contributed by atoms with Crippen molar-refractivity contribution in [3.8, 4) is 5.75 Å². The smallest absolute Gasteiger partial charge is 0.327 e. The molecule has 2 aromatic carbocycles. The summed E-state index contributed by atoms with van der Waals surface area (Å²) >= 11 is 0. The molecular formula is C30H39N3O5. The van der Waals surface area contributed by atoms with Crippen molar-refractivity contribution in [3.05, 3.63) is 59.7 Å². The van der Waals surface area contributed by atoms with Crippen LogP contribution in [0.5, 0.6) is 5.75 Å². The summed E-state index contributed by atoms with van der Waals surface area (Å²) in [5.74, 6) is -0.00255. The molecule has 2 aliphatic heterocycles. The number of anilines is 1. The van der Waals surface area contributed by atoms with Crippen molar-refractivity contribution < 1.29 is 24.2 Å². The fourth-order valence-electron chi connectivity index (χ4n) is 5.48. The van der Waals surface area contributed by atoms with Gasteiger partial charge in [0.05, 0.1) is 12.5 Å². The van der Waals surface area contributed by atoms with Gasteiger partial charge in [-0.25, -0.2) is 4.79 Å². The van der Waals surface area contributed by atoms with Crippen LogP contribution in [-0.2, 0) is 21.4 Å². The van der Waals surface area contributed by atoms with Crippen molar-refractivity contribution in [2.45, 2.75) is 57.9 Å². The van der Waals surface area contributed by atoms with Crippen LogP contribution in [0.25, 0.3) is 0 Å². The molecule has 2 fully saturated rings. The highest BCUT2D eigenvalue weighted by molar-refractivity contribution is 6.07. The number of benzene rings is 2. The highest BCUT2D eigenvalue weighted by Crippen LogP contribution is 2.39. The van der Waals surface area contributed by atoms with Crippen LogP contribution in [0.3, 0.4) is 0 Å². The molecule has 0 aromatic heterocycles. The number of carboxylic acids is 1. The molecule has 1 spiro atoms. The van der Waals surface area contributed by atoms with Crippen LogP contribution in [0.15, 0.2) is 48.5 Å². The molecule has 0 unspecified atom stereocenters. The number of hydrogen-bond acceptors (Lipinski definition) is 5. The van der Waals surface area contributed by atoms with E-state index >= 15 is 0 Å². The van der Waals surface area contributed by atoms with Crippen LogP contribution in [-0.4, -0.2) is 71.6 Å². The van der Waals surface area contributed by atoms with E-state index in [4.69, 9.17) is 4.74 Å². The Labute approximate surface area is 225 Å². The summed E-state index contributed by atoms with van der Waals surface area (Å²) in [5, 5.41) is 9.67. The molecular weight excluding hydrogens is 482 g/mol.